The Kier molecular flexibility index (Phi) is 12.8. The highest BCUT2D eigenvalue weighted by Crippen LogP contribution is 2.39. The van der Waals surface area contributed by atoms with Gasteiger partial charge in [-0.1, -0.05) is 73.1 Å². The van der Waals surface area contributed by atoms with Gasteiger partial charge in [0, 0.05) is 48.4 Å². The summed E-state index contributed by atoms with van der Waals surface area (Å²) in [6, 6.07) is 27.7. The van der Waals surface area contributed by atoms with Crippen molar-refractivity contribution >= 4 is 40.6 Å². The largest absolute Gasteiger partial charge is 0.618 e. The number of aliphatic hydroxyl groups excluding tert-OH is 1. The number of hydrogen-bond acceptors (Lipinski definition) is 8. The van der Waals surface area contributed by atoms with E-state index in [9.17, 15) is 19.9 Å². The molecule has 10 nitrogen and oxygen atoms in total. The number of pyridine rings is 1. The Morgan fingerprint density at radius 1 is 0.833 bits per heavy atom. The number of nitrogens with two attached hydrogens (primary N) is 1. The molecule has 1 aromatic heterocycles. The molecule has 0 aliphatic carbocycles. The van der Waals surface area contributed by atoms with Crippen molar-refractivity contribution < 1.29 is 28.9 Å². The van der Waals surface area contributed by atoms with Crippen LogP contribution in [-0.2, 0) is 25.7 Å². The van der Waals surface area contributed by atoms with Crippen LogP contribution in [0.2, 0.25) is 0 Å². The fourth-order valence-electron chi connectivity index (χ4n) is 5.42. The lowest BCUT2D eigenvalue weighted by Gasteiger charge is -2.36. The minimum Gasteiger partial charge on any atom is -0.618 e. The molecular weight excluding hydrogens is 628 g/mol. The first-order valence-corrected chi connectivity index (χ1v) is 17.2. The quantitative estimate of drug-likeness (QED) is 0.0361. The van der Waals surface area contributed by atoms with Gasteiger partial charge in [-0.3, -0.25) is 9.59 Å². The smallest absolute Gasteiger partial charge is 0.251 e. The number of nitrogens with zero attached hydrogens (tertiary/aromatic N) is 1. The number of nitrogen functional groups attached to an aromatic ring is 1. The van der Waals surface area contributed by atoms with Crippen LogP contribution in [0.15, 0.2) is 102 Å². The predicted octanol–water partition coefficient (Wildman–Crippen LogP) is 6.65. The van der Waals surface area contributed by atoms with E-state index in [2.05, 4.69) is 10.6 Å². The van der Waals surface area contributed by atoms with Gasteiger partial charge in [-0.25, -0.2) is 0 Å². The standard InChI is InChI=1S/C37H42N4O6S/c38-31-9-5-6-10-32(31)40-35(44)12-4-2-1-3-11-34(43)39-29-20-18-28(19-21-29)37-46-30(25-48-36-13-7-8-22-41(36)45)23-33(47-37)27-16-14-26(24-42)15-17-27/h5-10,13-22,30,33,37,42H,1-4,11-12,23-25,38H2,(H,39,43)(H,40,44)/t30-,33+,37+/m0/s1. The van der Waals surface area contributed by atoms with Crippen LogP contribution in [0.4, 0.5) is 17.1 Å². The number of benzene rings is 3. The maximum absolute atomic E-state index is 12.6. The third-order valence-electron chi connectivity index (χ3n) is 8.08. The van der Waals surface area contributed by atoms with E-state index in [0.29, 0.717) is 47.1 Å². The lowest BCUT2D eigenvalue weighted by Crippen LogP contribution is -2.32. The minimum absolute atomic E-state index is 0.0296. The van der Waals surface area contributed by atoms with Crippen LogP contribution < -0.4 is 21.1 Å². The lowest BCUT2D eigenvalue weighted by atomic mass is 10.0. The van der Waals surface area contributed by atoms with Gasteiger partial charge in [0.1, 0.15) is 0 Å². The van der Waals surface area contributed by atoms with Gasteiger partial charge in [0.05, 0.1) is 30.2 Å². The first-order chi connectivity index (χ1) is 23.4. The summed E-state index contributed by atoms with van der Waals surface area (Å²) in [5.41, 5.74) is 10.4. The number of carbonyl (C=O) groups excluding carboxylic acids is 2. The van der Waals surface area contributed by atoms with Crippen molar-refractivity contribution in [1.82, 2.24) is 0 Å². The Bertz CT molecular complexity index is 1640. The first kappa shape index (κ1) is 34.9. The van der Waals surface area contributed by atoms with Crippen molar-refractivity contribution in [3.05, 3.63) is 119 Å². The number of para-hydroxylation sites is 2. The van der Waals surface area contributed by atoms with Gasteiger partial charge in [-0.2, -0.15) is 4.73 Å². The van der Waals surface area contributed by atoms with Crippen molar-refractivity contribution in [1.29, 1.82) is 0 Å². The van der Waals surface area contributed by atoms with Crippen molar-refractivity contribution in [2.24, 2.45) is 0 Å². The van der Waals surface area contributed by atoms with Crippen LogP contribution in [-0.4, -0.2) is 28.8 Å². The second kappa shape index (κ2) is 17.7. The highest BCUT2D eigenvalue weighted by molar-refractivity contribution is 7.99. The molecule has 48 heavy (non-hydrogen) atoms. The number of carbonyl (C=O) groups is 2. The molecule has 1 aliphatic heterocycles. The first-order valence-electron chi connectivity index (χ1n) is 16.2. The summed E-state index contributed by atoms with van der Waals surface area (Å²) in [5.74, 6) is 0.440. The maximum atomic E-state index is 12.6. The zero-order valence-electron chi connectivity index (χ0n) is 26.8. The number of aromatic nitrogens is 1. The molecule has 11 heteroatoms. The summed E-state index contributed by atoms with van der Waals surface area (Å²) in [4.78, 5) is 24.8. The fraction of sp³-hybridized carbons (Fsp3) is 0.324. The Balaban J connectivity index is 1.09. The molecular formula is C37H42N4O6S. The number of aliphatic hydroxyl groups is 1. The second-order valence-electron chi connectivity index (χ2n) is 11.7. The summed E-state index contributed by atoms with van der Waals surface area (Å²) < 4.78 is 13.6. The van der Waals surface area contributed by atoms with Crippen LogP contribution in [0.1, 0.15) is 74.0 Å². The average Bonchev–Trinajstić information content (AvgIpc) is 3.10. The van der Waals surface area contributed by atoms with E-state index < -0.39 is 6.29 Å². The number of rotatable bonds is 15. The molecule has 0 saturated carbocycles. The zero-order valence-corrected chi connectivity index (χ0v) is 27.6. The van der Waals surface area contributed by atoms with Gasteiger partial charge in [0.25, 0.3) is 5.03 Å². The molecule has 5 rings (SSSR count). The van der Waals surface area contributed by atoms with Crippen LogP contribution in [0.5, 0.6) is 0 Å². The van der Waals surface area contributed by atoms with E-state index in [1.165, 1.54) is 18.0 Å². The predicted molar refractivity (Wildman–Crippen MR) is 187 cm³/mol. The summed E-state index contributed by atoms with van der Waals surface area (Å²) in [7, 11) is 0. The molecule has 2 heterocycles. The van der Waals surface area contributed by atoms with Crippen LogP contribution in [0.25, 0.3) is 0 Å². The fourth-order valence-corrected chi connectivity index (χ4v) is 6.35. The highest BCUT2D eigenvalue weighted by atomic mass is 32.2. The molecule has 5 N–H and O–H groups in total. The van der Waals surface area contributed by atoms with Gasteiger partial charge in [0.15, 0.2) is 12.5 Å². The van der Waals surface area contributed by atoms with E-state index >= 15 is 0 Å². The van der Waals surface area contributed by atoms with E-state index in [-0.39, 0.29) is 30.6 Å². The Morgan fingerprint density at radius 3 is 2.19 bits per heavy atom. The molecule has 1 saturated heterocycles. The molecule has 0 bridgehead atoms. The minimum atomic E-state index is -0.640. The molecule has 3 aromatic carbocycles. The van der Waals surface area contributed by atoms with E-state index in [1.807, 2.05) is 66.7 Å². The van der Waals surface area contributed by atoms with Gasteiger partial charge in [-0.05, 0) is 54.3 Å². The van der Waals surface area contributed by atoms with Crippen molar-refractivity contribution in [3.63, 3.8) is 0 Å². The third-order valence-corrected chi connectivity index (χ3v) is 9.23. The van der Waals surface area contributed by atoms with E-state index in [0.717, 1.165) is 47.1 Å². The zero-order chi connectivity index (χ0) is 33.7. The Morgan fingerprint density at radius 2 is 1.50 bits per heavy atom. The average molecular weight is 671 g/mol. The van der Waals surface area contributed by atoms with Crippen LogP contribution >= 0.6 is 11.8 Å². The summed E-state index contributed by atoms with van der Waals surface area (Å²) in [6.45, 7) is -0.0296. The summed E-state index contributed by atoms with van der Waals surface area (Å²) >= 11 is 1.44. The van der Waals surface area contributed by atoms with Crippen molar-refractivity contribution in [2.45, 2.75) is 75.1 Å². The molecule has 0 radical (unpaired) electrons. The number of amides is 2. The maximum Gasteiger partial charge on any atom is 0.251 e. The molecule has 2 amide bonds. The van der Waals surface area contributed by atoms with Crippen LogP contribution in [0, 0.1) is 5.21 Å². The number of anilines is 3. The Hall–Kier alpha value is -4.42. The molecule has 252 valence electrons. The Labute approximate surface area is 285 Å². The monoisotopic (exact) mass is 670 g/mol. The molecule has 1 aliphatic rings. The number of unbranched alkanes of at least 4 members (excludes halogenated alkanes) is 3. The van der Waals surface area contributed by atoms with Gasteiger partial charge < -0.3 is 36.2 Å². The summed E-state index contributed by atoms with van der Waals surface area (Å²) in [5, 5.41) is 28.0. The van der Waals surface area contributed by atoms with Crippen LogP contribution in [0.3, 0.4) is 0 Å². The SMILES string of the molecule is Nc1ccccc1NC(=O)CCCCCCC(=O)Nc1ccc([C@@H]2O[C@H](CSc3cccc[n+]3[O-])C[C@H](c3ccc(CO)cc3)O2)cc1. The topological polar surface area (TPSA) is 150 Å². The van der Waals surface area contributed by atoms with Gasteiger partial charge >= 0.3 is 0 Å². The molecule has 1 fully saturated rings. The molecule has 4 aromatic rings. The van der Waals surface area contributed by atoms with E-state index in [1.54, 1.807) is 24.3 Å². The third kappa shape index (κ3) is 10.3. The second-order valence-corrected chi connectivity index (χ2v) is 12.8. The highest BCUT2D eigenvalue weighted by Gasteiger charge is 2.32. The molecule has 0 unspecified atom stereocenters. The van der Waals surface area contributed by atoms with Gasteiger partial charge in [-0.15, -0.1) is 0 Å². The van der Waals surface area contributed by atoms with Crippen molar-refractivity contribution in [3.8, 4) is 0 Å². The molecule has 0 spiro atoms. The lowest BCUT2D eigenvalue weighted by molar-refractivity contribution is -0.645. The molecule has 3 atom stereocenters. The van der Waals surface area contributed by atoms with E-state index in [4.69, 9.17) is 15.2 Å². The normalized spacial score (nSPS) is 17.5. The number of nitrogens with one attached hydrogen (secondary N) is 2. The number of ether oxygens (including phenoxy) is 2. The van der Waals surface area contributed by atoms with Crippen molar-refractivity contribution in [2.75, 3.05) is 22.1 Å². The van der Waals surface area contributed by atoms with Gasteiger partial charge in [0.2, 0.25) is 11.8 Å². The summed E-state index contributed by atoms with van der Waals surface area (Å²) in [6.07, 6.45) is 5.01. The number of thioether (sulfide) groups is 1. The number of hydrogen-bond donors (Lipinski definition) is 4.